The van der Waals surface area contributed by atoms with E-state index in [9.17, 15) is 4.79 Å². The fourth-order valence-electron chi connectivity index (χ4n) is 1.38. The molecule has 0 amide bonds. The second-order valence-corrected chi connectivity index (χ2v) is 3.82. The molecule has 0 heterocycles. The highest BCUT2D eigenvalue weighted by Crippen LogP contribution is 2.02. The standard InChI is InChI=1S/C14H20O3/c1-2-10-16-11-6-7-12-17-14(15)13-8-4-3-5-9-13/h3-5,8-9H,2,6-7,10-12H2,1H3. The van der Waals surface area contributed by atoms with Gasteiger partial charge in [-0.05, 0) is 31.4 Å². The molecule has 0 N–H and O–H groups in total. The molecule has 0 fully saturated rings. The molecule has 0 spiro atoms. The maximum Gasteiger partial charge on any atom is 0.338 e. The molecule has 1 rings (SSSR count). The van der Waals surface area contributed by atoms with Crippen LogP contribution in [0.1, 0.15) is 36.5 Å². The van der Waals surface area contributed by atoms with Crippen LogP contribution in [0.3, 0.4) is 0 Å². The van der Waals surface area contributed by atoms with Crippen LogP contribution in [-0.4, -0.2) is 25.8 Å². The molecule has 17 heavy (non-hydrogen) atoms. The quantitative estimate of drug-likeness (QED) is 0.514. The third-order valence-corrected chi connectivity index (χ3v) is 2.27. The van der Waals surface area contributed by atoms with Gasteiger partial charge in [0.15, 0.2) is 0 Å². The third-order valence-electron chi connectivity index (χ3n) is 2.27. The maximum atomic E-state index is 11.5. The summed E-state index contributed by atoms with van der Waals surface area (Å²) in [5, 5.41) is 0. The summed E-state index contributed by atoms with van der Waals surface area (Å²) in [6.07, 6.45) is 2.83. The van der Waals surface area contributed by atoms with Crippen LogP contribution in [0, 0.1) is 0 Å². The monoisotopic (exact) mass is 236 g/mol. The van der Waals surface area contributed by atoms with Gasteiger partial charge in [0.2, 0.25) is 0 Å². The predicted octanol–water partition coefficient (Wildman–Crippen LogP) is 3.05. The van der Waals surface area contributed by atoms with Crippen LogP contribution in [0.25, 0.3) is 0 Å². The Morgan fingerprint density at radius 3 is 2.47 bits per heavy atom. The molecule has 0 bridgehead atoms. The molecule has 0 saturated carbocycles. The number of ether oxygens (including phenoxy) is 2. The van der Waals surface area contributed by atoms with Crippen molar-refractivity contribution in [2.75, 3.05) is 19.8 Å². The summed E-state index contributed by atoms with van der Waals surface area (Å²) in [5.74, 6) is -0.250. The average Bonchev–Trinajstić information content (AvgIpc) is 2.38. The van der Waals surface area contributed by atoms with Gasteiger partial charge in [0.25, 0.3) is 0 Å². The summed E-state index contributed by atoms with van der Waals surface area (Å²) in [6, 6.07) is 9.05. The second-order valence-electron chi connectivity index (χ2n) is 3.82. The molecule has 3 nitrogen and oxygen atoms in total. The highest BCUT2D eigenvalue weighted by Gasteiger charge is 2.04. The average molecular weight is 236 g/mol. The van der Waals surface area contributed by atoms with Crippen molar-refractivity contribution in [3.05, 3.63) is 35.9 Å². The number of benzene rings is 1. The first-order chi connectivity index (χ1) is 8.34. The lowest BCUT2D eigenvalue weighted by atomic mass is 10.2. The number of carbonyl (C=O) groups is 1. The molecule has 0 aliphatic carbocycles. The van der Waals surface area contributed by atoms with E-state index in [1.165, 1.54) is 0 Å². The molecule has 3 heteroatoms. The highest BCUT2D eigenvalue weighted by molar-refractivity contribution is 5.89. The molecule has 0 unspecified atom stereocenters. The summed E-state index contributed by atoms with van der Waals surface area (Å²) in [6.45, 7) is 4.10. The van der Waals surface area contributed by atoms with Crippen LogP contribution in [0.15, 0.2) is 30.3 Å². The first-order valence-corrected chi connectivity index (χ1v) is 6.14. The van der Waals surface area contributed by atoms with E-state index in [1.54, 1.807) is 12.1 Å². The fourth-order valence-corrected chi connectivity index (χ4v) is 1.38. The minimum Gasteiger partial charge on any atom is -0.462 e. The summed E-state index contributed by atoms with van der Waals surface area (Å²) < 4.78 is 10.5. The fraction of sp³-hybridized carbons (Fsp3) is 0.500. The number of hydrogen-bond acceptors (Lipinski definition) is 3. The largest absolute Gasteiger partial charge is 0.462 e. The van der Waals surface area contributed by atoms with Crippen LogP contribution in [0.5, 0.6) is 0 Å². The van der Waals surface area contributed by atoms with Gasteiger partial charge < -0.3 is 9.47 Å². The van der Waals surface area contributed by atoms with Gasteiger partial charge in [-0.25, -0.2) is 4.79 Å². The van der Waals surface area contributed by atoms with Gasteiger partial charge in [-0.15, -0.1) is 0 Å². The lowest BCUT2D eigenvalue weighted by Gasteiger charge is -2.05. The topological polar surface area (TPSA) is 35.5 Å². The van der Waals surface area contributed by atoms with E-state index in [4.69, 9.17) is 9.47 Å². The van der Waals surface area contributed by atoms with Gasteiger partial charge in [0, 0.05) is 13.2 Å². The predicted molar refractivity (Wildman–Crippen MR) is 67.1 cm³/mol. The van der Waals surface area contributed by atoms with Gasteiger partial charge in [0.1, 0.15) is 0 Å². The molecule has 0 aliphatic heterocycles. The molecular weight excluding hydrogens is 216 g/mol. The Morgan fingerprint density at radius 2 is 1.76 bits per heavy atom. The minimum absolute atomic E-state index is 0.250. The molecule has 0 radical (unpaired) electrons. The number of esters is 1. The van der Waals surface area contributed by atoms with E-state index in [1.807, 2.05) is 18.2 Å². The van der Waals surface area contributed by atoms with Gasteiger partial charge in [-0.1, -0.05) is 25.1 Å². The molecule has 1 aromatic rings. The van der Waals surface area contributed by atoms with Crippen LogP contribution >= 0.6 is 0 Å². The van der Waals surface area contributed by atoms with Gasteiger partial charge in [-0.2, -0.15) is 0 Å². The van der Waals surface area contributed by atoms with Crippen molar-refractivity contribution >= 4 is 5.97 Å². The summed E-state index contributed by atoms with van der Waals surface area (Å²) >= 11 is 0. The van der Waals surface area contributed by atoms with Crippen molar-refractivity contribution in [1.29, 1.82) is 0 Å². The van der Waals surface area contributed by atoms with E-state index in [0.717, 1.165) is 32.5 Å². The van der Waals surface area contributed by atoms with E-state index >= 15 is 0 Å². The first-order valence-electron chi connectivity index (χ1n) is 6.14. The van der Waals surface area contributed by atoms with Crippen molar-refractivity contribution in [2.45, 2.75) is 26.2 Å². The van der Waals surface area contributed by atoms with E-state index in [2.05, 4.69) is 6.92 Å². The Hall–Kier alpha value is -1.35. The number of carbonyl (C=O) groups excluding carboxylic acids is 1. The molecular formula is C14H20O3. The molecule has 94 valence electrons. The number of hydrogen-bond donors (Lipinski definition) is 0. The third kappa shape index (κ3) is 6.07. The maximum absolute atomic E-state index is 11.5. The first kappa shape index (κ1) is 13.7. The van der Waals surface area contributed by atoms with Crippen molar-refractivity contribution in [3.8, 4) is 0 Å². The highest BCUT2D eigenvalue weighted by atomic mass is 16.5. The summed E-state index contributed by atoms with van der Waals surface area (Å²) in [5.41, 5.74) is 0.606. The lowest BCUT2D eigenvalue weighted by molar-refractivity contribution is 0.0482. The Bertz CT molecular complexity index is 309. The van der Waals surface area contributed by atoms with Crippen LogP contribution in [0.2, 0.25) is 0 Å². The van der Waals surface area contributed by atoms with Gasteiger partial charge >= 0.3 is 5.97 Å². The van der Waals surface area contributed by atoms with Crippen molar-refractivity contribution < 1.29 is 14.3 Å². The Kier molecular flexibility index (Phi) is 7.07. The van der Waals surface area contributed by atoms with E-state index < -0.39 is 0 Å². The Labute approximate surface area is 103 Å². The zero-order valence-electron chi connectivity index (χ0n) is 10.4. The Morgan fingerprint density at radius 1 is 1.06 bits per heavy atom. The number of unbranched alkanes of at least 4 members (excludes halogenated alkanes) is 1. The SMILES string of the molecule is CCCOCCCCOC(=O)c1ccccc1. The van der Waals surface area contributed by atoms with Crippen LogP contribution in [-0.2, 0) is 9.47 Å². The summed E-state index contributed by atoms with van der Waals surface area (Å²) in [7, 11) is 0. The smallest absolute Gasteiger partial charge is 0.338 e. The van der Waals surface area contributed by atoms with Gasteiger partial charge in [0.05, 0.1) is 12.2 Å². The second kappa shape index (κ2) is 8.76. The van der Waals surface area contributed by atoms with Crippen molar-refractivity contribution in [2.24, 2.45) is 0 Å². The zero-order valence-corrected chi connectivity index (χ0v) is 10.4. The van der Waals surface area contributed by atoms with E-state index in [0.29, 0.717) is 12.2 Å². The minimum atomic E-state index is -0.250. The zero-order chi connectivity index (χ0) is 12.3. The number of rotatable bonds is 8. The molecule has 0 atom stereocenters. The molecule has 0 aliphatic rings. The van der Waals surface area contributed by atoms with Crippen molar-refractivity contribution in [3.63, 3.8) is 0 Å². The molecule has 0 saturated heterocycles. The van der Waals surface area contributed by atoms with Gasteiger partial charge in [-0.3, -0.25) is 0 Å². The van der Waals surface area contributed by atoms with Crippen LogP contribution in [0.4, 0.5) is 0 Å². The normalized spacial score (nSPS) is 10.2. The van der Waals surface area contributed by atoms with E-state index in [-0.39, 0.29) is 5.97 Å². The van der Waals surface area contributed by atoms with Crippen molar-refractivity contribution in [1.82, 2.24) is 0 Å². The van der Waals surface area contributed by atoms with Crippen LogP contribution < -0.4 is 0 Å². The Balaban J connectivity index is 2.05. The summed E-state index contributed by atoms with van der Waals surface area (Å²) in [4.78, 5) is 11.5. The molecule has 1 aromatic carbocycles. The molecule has 0 aromatic heterocycles. The lowest BCUT2D eigenvalue weighted by Crippen LogP contribution is -2.07.